The molecule has 3 atom stereocenters. The molecule has 0 aliphatic carbocycles. The molecule has 0 radical (unpaired) electrons. The molecular weight excluding hydrogens is 386 g/mol. The normalized spacial score (nSPS) is 23.4. The summed E-state index contributed by atoms with van der Waals surface area (Å²) in [6, 6.07) is 12.6. The van der Waals surface area contributed by atoms with Gasteiger partial charge in [-0.1, -0.05) is 48.6 Å². The van der Waals surface area contributed by atoms with E-state index in [9.17, 15) is 14.4 Å². The number of carbonyl (C=O) groups excluding carboxylic acids is 3. The Hall–Kier alpha value is -3.68. The van der Waals surface area contributed by atoms with E-state index in [1.165, 1.54) is 4.90 Å². The predicted molar refractivity (Wildman–Crippen MR) is 107 cm³/mol. The number of carbonyl (C=O) groups is 3. The number of hydrogen-bond acceptors (Lipinski definition) is 6. The zero-order valence-corrected chi connectivity index (χ0v) is 16.4. The molecule has 2 aromatic rings. The van der Waals surface area contributed by atoms with Crippen LogP contribution in [-0.2, 0) is 14.3 Å². The van der Waals surface area contributed by atoms with E-state index in [1.54, 1.807) is 37.5 Å². The fourth-order valence-corrected chi connectivity index (χ4v) is 3.71. The molecule has 0 unspecified atom stereocenters. The van der Waals surface area contributed by atoms with Crippen LogP contribution in [0, 0.1) is 5.92 Å². The van der Waals surface area contributed by atoms with E-state index in [4.69, 9.17) is 9.47 Å². The first-order valence-corrected chi connectivity index (χ1v) is 9.70. The number of amides is 3. The number of nitrogens with zero attached hydrogens (tertiary/aromatic N) is 3. The summed E-state index contributed by atoms with van der Waals surface area (Å²) < 4.78 is 10.3. The molecule has 2 fully saturated rings. The molecule has 3 heterocycles. The average molecular weight is 407 g/mol. The smallest absolute Gasteiger partial charge is 0.418 e. The number of aromatic nitrogens is 1. The molecule has 0 spiro atoms. The second-order valence-electron chi connectivity index (χ2n) is 6.90. The molecule has 0 bridgehead atoms. The van der Waals surface area contributed by atoms with E-state index in [2.05, 4.69) is 4.98 Å². The van der Waals surface area contributed by atoms with E-state index in [-0.39, 0.29) is 13.2 Å². The van der Waals surface area contributed by atoms with Crippen LogP contribution in [0.4, 0.5) is 9.59 Å². The van der Waals surface area contributed by atoms with Gasteiger partial charge in [-0.15, -0.1) is 0 Å². The van der Waals surface area contributed by atoms with Gasteiger partial charge in [0.2, 0.25) is 5.91 Å². The third-order valence-electron chi connectivity index (χ3n) is 5.13. The predicted octanol–water partition coefficient (Wildman–Crippen LogP) is 3.23. The summed E-state index contributed by atoms with van der Waals surface area (Å²) in [5.74, 6) is -1.13. The van der Waals surface area contributed by atoms with Crippen LogP contribution >= 0.6 is 0 Å². The summed E-state index contributed by atoms with van der Waals surface area (Å²) in [6.45, 7) is 1.93. The second-order valence-corrected chi connectivity index (χ2v) is 6.90. The number of rotatable bonds is 5. The summed E-state index contributed by atoms with van der Waals surface area (Å²) in [4.78, 5) is 44.4. The lowest BCUT2D eigenvalue weighted by Gasteiger charge is -2.48. The summed E-state index contributed by atoms with van der Waals surface area (Å²) in [6.07, 6.45) is 4.58. The fraction of sp³-hybridized carbons (Fsp3) is 0.273. The summed E-state index contributed by atoms with van der Waals surface area (Å²) in [7, 11) is 0. The number of imide groups is 1. The highest BCUT2D eigenvalue weighted by Gasteiger charge is 2.58. The van der Waals surface area contributed by atoms with E-state index in [1.807, 2.05) is 36.4 Å². The molecule has 154 valence electrons. The quantitative estimate of drug-likeness (QED) is 0.707. The van der Waals surface area contributed by atoms with Crippen molar-refractivity contribution in [3.63, 3.8) is 0 Å². The van der Waals surface area contributed by atoms with Gasteiger partial charge >= 0.3 is 12.2 Å². The van der Waals surface area contributed by atoms with Crippen LogP contribution in [-0.4, -0.2) is 52.3 Å². The minimum Gasteiger partial charge on any atom is -0.449 e. The minimum absolute atomic E-state index is 0.123. The number of ether oxygens (including phenoxy) is 2. The highest BCUT2D eigenvalue weighted by atomic mass is 16.6. The lowest BCUT2D eigenvalue weighted by molar-refractivity contribution is -0.158. The van der Waals surface area contributed by atoms with Gasteiger partial charge in [-0.3, -0.25) is 14.7 Å². The molecule has 1 aromatic heterocycles. The summed E-state index contributed by atoms with van der Waals surface area (Å²) in [5.41, 5.74) is 1.67. The first-order valence-electron chi connectivity index (χ1n) is 9.70. The van der Waals surface area contributed by atoms with Crippen molar-refractivity contribution in [1.82, 2.24) is 14.8 Å². The zero-order chi connectivity index (χ0) is 21.1. The molecule has 0 saturated carbocycles. The number of pyridine rings is 1. The van der Waals surface area contributed by atoms with Gasteiger partial charge in [0.25, 0.3) is 0 Å². The molecule has 0 N–H and O–H groups in total. The number of β-lactam (4-membered cyclic amide) rings is 1. The van der Waals surface area contributed by atoms with Crippen LogP contribution in [0.3, 0.4) is 0 Å². The van der Waals surface area contributed by atoms with Crippen LogP contribution in [0.5, 0.6) is 0 Å². The minimum atomic E-state index is -0.829. The Morgan fingerprint density at radius 3 is 2.73 bits per heavy atom. The number of hydrogen-bond donors (Lipinski definition) is 0. The van der Waals surface area contributed by atoms with Gasteiger partial charge in [0.05, 0.1) is 18.6 Å². The number of cyclic esters (lactones) is 1. The Balaban J connectivity index is 1.67. The van der Waals surface area contributed by atoms with Gasteiger partial charge in [0, 0.05) is 12.4 Å². The SMILES string of the molecule is CCOC(=O)N1C(=O)[C@H](C=Cc2cccnc2)[C@@H]1N1C(=O)OC[C@@H]1c1ccccc1. The van der Waals surface area contributed by atoms with Crippen molar-refractivity contribution in [2.75, 3.05) is 13.2 Å². The molecule has 8 heteroatoms. The van der Waals surface area contributed by atoms with Gasteiger partial charge in [0.15, 0.2) is 0 Å². The molecule has 1 aromatic carbocycles. The van der Waals surface area contributed by atoms with Crippen molar-refractivity contribution in [2.24, 2.45) is 5.92 Å². The van der Waals surface area contributed by atoms with E-state index < -0.39 is 36.2 Å². The Labute approximate surface area is 173 Å². The molecule has 3 amide bonds. The van der Waals surface area contributed by atoms with Crippen molar-refractivity contribution < 1.29 is 23.9 Å². The Bertz CT molecular complexity index is 963. The van der Waals surface area contributed by atoms with Crippen LogP contribution in [0.15, 0.2) is 60.9 Å². The van der Waals surface area contributed by atoms with E-state index in [0.29, 0.717) is 0 Å². The van der Waals surface area contributed by atoms with Gasteiger partial charge < -0.3 is 9.47 Å². The van der Waals surface area contributed by atoms with Crippen LogP contribution in [0.1, 0.15) is 24.1 Å². The third kappa shape index (κ3) is 3.52. The zero-order valence-electron chi connectivity index (χ0n) is 16.4. The Morgan fingerprint density at radius 1 is 1.23 bits per heavy atom. The highest BCUT2D eigenvalue weighted by Crippen LogP contribution is 2.40. The lowest BCUT2D eigenvalue weighted by Crippen LogP contribution is -2.69. The molecular formula is C22H21N3O5. The van der Waals surface area contributed by atoms with Crippen molar-refractivity contribution in [1.29, 1.82) is 0 Å². The first kappa shape index (κ1) is 19.6. The standard InChI is InChI=1S/C22H21N3O5/c1-2-29-22(28)25-19(17(20(25)26)11-10-15-7-6-12-23-13-15)24-18(14-30-21(24)27)16-8-4-3-5-9-16/h3-13,17-19H,2,14H2,1H3/t17-,18-,19-/m1/s1. The average Bonchev–Trinajstić information content (AvgIpc) is 3.14. The monoisotopic (exact) mass is 407 g/mol. The maximum atomic E-state index is 12.8. The van der Waals surface area contributed by atoms with Crippen LogP contribution < -0.4 is 0 Å². The molecule has 8 nitrogen and oxygen atoms in total. The summed E-state index contributed by atoms with van der Waals surface area (Å²) >= 11 is 0. The lowest BCUT2D eigenvalue weighted by atomic mass is 9.90. The van der Waals surface area contributed by atoms with Crippen molar-refractivity contribution in [2.45, 2.75) is 19.1 Å². The Morgan fingerprint density at radius 2 is 2.03 bits per heavy atom. The second kappa shape index (κ2) is 8.36. The number of likely N-dealkylation sites (tertiary alicyclic amines) is 1. The molecule has 4 rings (SSSR count). The summed E-state index contributed by atoms with van der Waals surface area (Å²) in [5, 5.41) is 0. The van der Waals surface area contributed by atoms with Gasteiger partial charge in [-0.2, -0.15) is 0 Å². The van der Waals surface area contributed by atoms with E-state index >= 15 is 0 Å². The van der Waals surface area contributed by atoms with Gasteiger partial charge in [-0.25, -0.2) is 14.5 Å². The Kier molecular flexibility index (Phi) is 5.47. The van der Waals surface area contributed by atoms with Gasteiger partial charge in [0.1, 0.15) is 12.8 Å². The molecule has 2 saturated heterocycles. The van der Waals surface area contributed by atoms with Crippen molar-refractivity contribution >= 4 is 24.2 Å². The first-order chi connectivity index (χ1) is 14.6. The maximum absolute atomic E-state index is 12.8. The largest absolute Gasteiger partial charge is 0.449 e. The molecule has 30 heavy (non-hydrogen) atoms. The maximum Gasteiger partial charge on any atom is 0.418 e. The van der Waals surface area contributed by atoms with Crippen LogP contribution in [0.25, 0.3) is 6.08 Å². The van der Waals surface area contributed by atoms with Crippen LogP contribution in [0.2, 0.25) is 0 Å². The third-order valence-corrected chi connectivity index (χ3v) is 5.13. The van der Waals surface area contributed by atoms with Crippen molar-refractivity contribution in [3.8, 4) is 0 Å². The topological polar surface area (TPSA) is 89.0 Å². The molecule has 2 aliphatic heterocycles. The van der Waals surface area contributed by atoms with E-state index in [0.717, 1.165) is 16.0 Å². The fourth-order valence-electron chi connectivity index (χ4n) is 3.71. The van der Waals surface area contributed by atoms with Crippen molar-refractivity contribution in [3.05, 3.63) is 72.1 Å². The highest BCUT2D eigenvalue weighted by molar-refractivity contribution is 6.01. The van der Waals surface area contributed by atoms with Gasteiger partial charge in [-0.05, 0) is 24.1 Å². The number of benzene rings is 1. The molecule has 2 aliphatic rings.